The largest absolute Gasteiger partial charge is 0.473 e. The van der Waals surface area contributed by atoms with Crippen LogP contribution in [0.25, 0.3) is 5.65 Å². The highest BCUT2D eigenvalue weighted by Gasteiger charge is 2.28. The molecule has 2 atom stereocenters. The zero-order chi connectivity index (χ0) is 11.7. The van der Waals surface area contributed by atoms with Crippen LogP contribution in [0, 0.1) is 5.92 Å². The third kappa shape index (κ3) is 1.82. The van der Waals surface area contributed by atoms with E-state index in [1.807, 2.05) is 0 Å². The van der Waals surface area contributed by atoms with Gasteiger partial charge in [0.25, 0.3) is 0 Å². The van der Waals surface area contributed by atoms with Gasteiger partial charge >= 0.3 is 0 Å². The fraction of sp³-hybridized carbons (Fsp3) is 0.600. The van der Waals surface area contributed by atoms with Gasteiger partial charge in [-0.2, -0.15) is 4.52 Å². The van der Waals surface area contributed by atoms with Crippen molar-refractivity contribution in [2.24, 2.45) is 11.7 Å². The molecule has 1 saturated carbocycles. The predicted octanol–water partition coefficient (Wildman–Crippen LogP) is 0.0255. The Morgan fingerprint density at radius 3 is 3.24 bits per heavy atom. The van der Waals surface area contributed by atoms with E-state index in [4.69, 9.17) is 10.5 Å². The number of hydrogen-bond acceptors (Lipinski definition) is 6. The quantitative estimate of drug-likeness (QED) is 0.805. The van der Waals surface area contributed by atoms with Gasteiger partial charge in [-0.1, -0.05) is 0 Å². The third-order valence-electron chi connectivity index (χ3n) is 3.24. The van der Waals surface area contributed by atoms with Crippen molar-refractivity contribution in [3.05, 3.63) is 12.4 Å². The summed E-state index contributed by atoms with van der Waals surface area (Å²) in [4.78, 5) is 4.06. The van der Waals surface area contributed by atoms with E-state index in [-0.39, 0.29) is 6.10 Å². The molecule has 1 aliphatic carbocycles. The normalized spacial score (nSPS) is 24.3. The van der Waals surface area contributed by atoms with Gasteiger partial charge in [-0.25, -0.2) is 0 Å². The summed E-state index contributed by atoms with van der Waals surface area (Å²) in [6.45, 7) is 0.656. The topological polar surface area (TPSA) is 91.2 Å². The number of ether oxygens (including phenoxy) is 1. The highest BCUT2D eigenvalue weighted by Crippen LogP contribution is 2.28. The Kier molecular flexibility index (Phi) is 2.60. The summed E-state index contributed by atoms with van der Waals surface area (Å²) in [7, 11) is 0. The summed E-state index contributed by atoms with van der Waals surface area (Å²) in [6.07, 6.45) is 6.69. The zero-order valence-corrected chi connectivity index (χ0v) is 9.36. The molecule has 3 rings (SSSR count). The molecule has 1 aliphatic rings. The molecule has 0 radical (unpaired) electrons. The number of fused-ring (bicyclic) bond motifs is 1. The molecule has 0 aliphatic heterocycles. The van der Waals surface area contributed by atoms with Gasteiger partial charge in [0.2, 0.25) is 11.5 Å². The van der Waals surface area contributed by atoms with Crippen LogP contribution in [0.1, 0.15) is 19.3 Å². The Labute approximate surface area is 98.0 Å². The molecule has 7 nitrogen and oxygen atoms in total. The number of nitrogens with zero attached hydrogens (tertiary/aromatic N) is 5. The fourth-order valence-corrected chi connectivity index (χ4v) is 2.32. The van der Waals surface area contributed by atoms with Crippen LogP contribution in [0.4, 0.5) is 0 Å². The molecule has 2 aromatic rings. The van der Waals surface area contributed by atoms with Gasteiger partial charge in [0.15, 0.2) is 0 Å². The lowest BCUT2D eigenvalue weighted by atomic mass is 10.1. The standard InChI is InChI=1S/C10H14N6O/c11-4-7-2-1-3-8(7)17-10-6-12-5-9-13-14-15-16(9)10/h5-8H,1-4,11H2. The lowest BCUT2D eigenvalue weighted by Gasteiger charge is -2.19. The molecule has 2 N–H and O–H groups in total. The van der Waals surface area contributed by atoms with Gasteiger partial charge in [-0.05, 0) is 36.2 Å². The van der Waals surface area contributed by atoms with E-state index in [0.717, 1.165) is 19.3 Å². The second-order valence-corrected chi connectivity index (χ2v) is 4.28. The molecule has 0 spiro atoms. The van der Waals surface area contributed by atoms with Crippen LogP contribution in [0.5, 0.6) is 5.88 Å². The van der Waals surface area contributed by atoms with Gasteiger partial charge in [-0.3, -0.25) is 4.98 Å². The van der Waals surface area contributed by atoms with Crippen molar-refractivity contribution >= 4 is 5.65 Å². The van der Waals surface area contributed by atoms with Crippen LogP contribution in [0.15, 0.2) is 12.4 Å². The number of tetrazole rings is 1. The molecule has 2 unspecified atom stereocenters. The Hall–Kier alpha value is -1.76. The summed E-state index contributed by atoms with van der Waals surface area (Å²) in [5.74, 6) is 1.000. The number of hydrogen-bond donors (Lipinski definition) is 1. The van der Waals surface area contributed by atoms with E-state index in [0.29, 0.717) is 24.0 Å². The molecular formula is C10H14N6O. The minimum absolute atomic E-state index is 0.150. The van der Waals surface area contributed by atoms with Crippen LogP contribution < -0.4 is 10.5 Å². The second-order valence-electron chi connectivity index (χ2n) is 4.28. The molecule has 0 bridgehead atoms. The van der Waals surface area contributed by atoms with Crippen molar-refractivity contribution in [1.29, 1.82) is 0 Å². The maximum atomic E-state index is 5.93. The number of aromatic nitrogens is 5. The average molecular weight is 234 g/mol. The van der Waals surface area contributed by atoms with Crippen LogP contribution in [0.3, 0.4) is 0 Å². The molecule has 0 saturated heterocycles. The summed E-state index contributed by atoms with van der Waals surface area (Å²) in [6, 6.07) is 0. The SMILES string of the molecule is NCC1CCCC1Oc1cncc2nnnn12. The molecule has 2 heterocycles. The van der Waals surface area contributed by atoms with E-state index < -0.39 is 0 Å². The van der Waals surface area contributed by atoms with Gasteiger partial charge in [0.05, 0.1) is 12.4 Å². The van der Waals surface area contributed by atoms with E-state index in [2.05, 4.69) is 20.5 Å². The van der Waals surface area contributed by atoms with Crippen molar-refractivity contribution in [2.45, 2.75) is 25.4 Å². The van der Waals surface area contributed by atoms with Crippen molar-refractivity contribution in [3.8, 4) is 5.88 Å². The molecular weight excluding hydrogens is 220 g/mol. The summed E-state index contributed by atoms with van der Waals surface area (Å²) < 4.78 is 7.48. The summed E-state index contributed by atoms with van der Waals surface area (Å²) in [5, 5.41) is 11.3. The molecule has 0 amide bonds. The summed E-state index contributed by atoms with van der Waals surface area (Å²) in [5.41, 5.74) is 6.32. The van der Waals surface area contributed by atoms with Gasteiger partial charge < -0.3 is 10.5 Å². The first kappa shape index (κ1) is 10.4. The first-order chi connectivity index (χ1) is 8.38. The molecule has 1 fully saturated rings. The molecule has 17 heavy (non-hydrogen) atoms. The van der Waals surface area contributed by atoms with Gasteiger partial charge in [0, 0.05) is 5.92 Å². The Morgan fingerprint density at radius 2 is 2.35 bits per heavy atom. The Balaban J connectivity index is 1.87. The van der Waals surface area contributed by atoms with Crippen LogP contribution in [-0.4, -0.2) is 37.7 Å². The monoisotopic (exact) mass is 234 g/mol. The van der Waals surface area contributed by atoms with Crippen molar-refractivity contribution in [1.82, 2.24) is 25.0 Å². The predicted molar refractivity (Wildman–Crippen MR) is 59.4 cm³/mol. The minimum Gasteiger partial charge on any atom is -0.473 e. The Morgan fingerprint density at radius 1 is 1.41 bits per heavy atom. The molecule has 0 aromatic carbocycles. The maximum absolute atomic E-state index is 5.93. The minimum atomic E-state index is 0.150. The van der Waals surface area contributed by atoms with Crippen LogP contribution >= 0.6 is 0 Å². The lowest BCUT2D eigenvalue weighted by Crippen LogP contribution is -2.28. The third-order valence-corrected chi connectivity index (χ3v) is 3.24. The van der Waals surface area contributed by atoms with Gasteiger partial charge in [0.1, 0.15) is 6.10 Å². The van der Waals surface area contributed by atoms with Crippen LogP contribution in [0.2, 0.25) is 0 Å². The van der Waals surface area contributed by atoms with Crippen molar-refractivity contribution in [2.75, 3.05) is 6.54 Å². The van der Waals surface area contributed by atoms with E-state index >= 15 is 0 Å². The smallest absolute Gasteiger partial charge is 0.237 e. The number of rotatable bonds is 3. The number of nitrogens with two attached hydrogens (primary N) is 1. The lowest BCUT2D eigenvalue weighted by molar-refractivity contribution is 0.151. The zero-order valence-electron chi connectivity index (χ0n) is 9.36. The highest BCUT2D eigenvalue weighted by molar-refractivity contribution is 5.34. The van der Waals surface area contributed by atoms with Crippen molar-refractivity contribution < 1.29 is 4.74 Å². The van der Waals surface area contributed by atoms with E-state index in [9.17, 15) is 0 Å². The first-order valence-corrected chi connectivity index (χ1v) is 5.77. The second kappa shape index (κ2) is 4.25. The Bertz CT molecular complexity index is 512. The van der Waals surface area contributed by atoms with E-state index in [1.54, 1.807) is 16.9 Å². The molecule has 7 heteroatoms. The van der Waals surface area contributed by atoms with Crippen molar-refractivity contribution in [3.63, 3.8) is 0 Å². The van der Waals surface area contributed by atoms with Gasteiger partial charge in [-0.15, -0.1) is 5.10 Å². The molecule has 90 valence electrons. The molecule has 2 aromatic heterocycles. The highest BCUT2D eigenvalue weighted by atomic mass is 16.5. The average Bonchev–Trinajstić information content (AvgIpc) is 2.97. The summed E-state index contributed by atoms with van der Waals surface area (Å²) >= 11 is 0. The fourth-order valence-electron chi connectivity index (χ4n) is 2.32. The first-order valence-electron chi connectivity index (χ1n) is 5.77. The van der Waals surface area contributed by atoms with Crippen LogP contribution in [-0.2, 0) is 0 Å². The maximum Gasteiger partial charge on any atom is 0.237 e. The van der Waals surface area contributed by atoms with E-state index in [1.165, 1.54) is 0 Å².